The van der Waals surface area contributed by atoms with E-state index in [9.17, 15) is 4.79 Å². The summed E-state index contributed by atoms with van der Waals surface area (Å²) in [5.41, 5.74) is 1.13. The van der Waals surface area contributed by atoms with Gasteiger partial charge in [-0.2, -0.15) is 0 Å². The summed E-state index contributed by atoms with van der Waals surface area (Å²) < 4.78 is 11.2. The molecule has 2 aromatic carbocycles. The number of rotatable bonds is 5. The Morgan fingerprint density at radius 1 is 0.870 bits per heavy atom. The maximum atomic E-state index is 12.1. The fourth-order valence-electron chi connectivity index (χ4n) is 2.88. The number of carbonyl (C=O) groups excluding carboxylic acids is 1. The molecule has 0 unspecified atom stereocenters. The van der Waals surface area contributed by atoms with Crippen LogP contribution in [-0.2, 0) is 11.4 Å². The average Bonchev–Trinajstić information content (AvgIpc) is 2.63. The van der Waals surface area contributed by atoms with E-state index in [0.717, 1.165) is 37.0 Å². The normalized spacial score (nSPS) is 15.1. The van der Waals surface area contributed by atoms with Gasteiger partial charge >= 0.3 is 5.97 Å². The van der Waals surface area contributed by atoms with Gasteiger partial charge in [-0.1, -0.05) is 49.6 Å². The van der Waals surface area contributed by atoms with Crippen LogP contribution in [0.2, 0.25) is 0 Å². The molecule has 0 aliphatic heterocycles. The van der Waals surface area contributed by atoms with Gasteiger partial charge in [0.2, 0.25) is 0 Å². The molecule has 1 aliphatic rings. The van der Waals surface area contributed by atoms with Crippen LogP contribution >= 0.6 is 0 Å². The lowest BCUT2D eigenvalue weighted by Gasteiger charge is -2.19. The minimum atomic E-state index is -0.0948. The third-order valence-electron chi connectivity index (χ3n) is 4.23. The van der Waals surface area contributed by atoms with E-state index in [1.54, 1.807) is 12.1 Å². The summed E-state index contributed by atoms with van der Waals surface area (Å²) in [6.07, 6.45) is 5.41. The van der Waals surface area contributed by atoms with Gasteiger partial charge < -0.3 is 9.47 Å². The zero-order valence-electron chi connectivity index (χ0n) is 13.2. The van der Waals surface area contributed by atoms with Crippen molar-refractivity contribution < 1.29 is 14.3 Å². The summed E-state index contributed by atoms with van der Waals surface area (Å²) >= 11 is 0. The largest absolute Gasteiger partial charge is 0.489 e. The molecule has 3 rings (SSSR count). The molecule has 0 radical (unpaired) electrons. The summed E-state index contributed by atoms with van der Waals surface area (Å²) in [5, 5.41) is 0. The highest BCUT2D eigenvalue weighted by Crippen LogP contribution is 2.26. The fourth-order valence-corrected chi connectivity index (χ4v) is 2.88. The van der Waals surface area contributed by atoms with Crippen LogP contribution in [0.15, 0.2) is 54.6 Å². The van der Waals surface area contributed by atoms with E-state index in [1.807, 2.05) is 42.5 Å². The molecule has 0 bridgehead atoms. The van der Waals surface area contributed by atoms with Gasteiger partial charge in [-0.3, -0.25) is 4.79 Å². The van der Waals surface area contributed by atoms with E-state index in [4.69, 9.17) is 9.47 Å². The van der Waals surface area contributed by atoms with Crippen LogP contribution in [-0.4, -0.2) is 5.97 Å². The van der Waals surface area contributed by atoms with E-state index >= 15 is 0 Å². The van der Waals surface area contributed by atoms with Gasteiger partial charge in [0.15, 0.2) is 0 Å². The van der Waals surface area contributed by atoms with Gasteiger partial charge in [-0.15, -0.1) is 0 Å². The average molecular weight is 310 g/mol. The minimum absolute atomic E-state index is 0.0674. The molecular weight excluding hydrogens is 288 g/mol. The molecule has 0 N–H and O–H groups in total. The first-order valence-electron chi connectivity index (χ1n) is 8.30. The van der Waals surface area contributed by atoms with Gasteiger partial charge in [0.1, 0.15) is 18.1 Å². The van der Waals surface area contributed by atoms with E-state index in [-0.39, 0.29) is 11.9 Å². The molecule has 120 valence electrons. The van der Waals surface area contributed by atoms with Crippen LogP contribution in [0.3, 0.4) is 0 Å². The Bertz CT molecular complexity index is 613. The van der Waals surface area contributed by atoms with Crippen molar-refractivity contribution in [1.82, 2.24) is 0 Å². The lowest BCUT2D eigenvalue weighted by Crippen LogP contribution is -2.22. The number of benzene rings is 2. The molecule has 23 heavy (non-hydrogen) atoms. The van der Waals surface area contributed by atoms with Crippen molar-refractivity contribution in [2.45, 2.75) is 38.7 Å². The van der Waals surface area contributed by atoms with Crippen LogP contribution in [0, 0.1) is 5.92 Å². The number of hydrogen-bond donors (Lipinski definition) is 0. The first-order valence-corrected chi connectivity index (χ1v) is 8.30. The quantitative estimate of drug-likeness (QED) is 0.590. The Morgan fingerprint density at radius 3 is 2.22 bits per heavy atom. The monoisotopic (exact) mass is 310 g/mol. The number of hydrogen-bond acceptors (Lipinski definition) is 3. The fraction of sp³-hybridized carbons (Fsp3) is 0.350. The van der Waals surface area contributed by atoms with Crippen molar-refractivity contribution in [2.75, 3.05) is 0 Å². The number of ether oxygens (including phenoxy) is 2. The first-order chi connectivity index (χ1) is 11.3. The molecule has 2 aromatic rings. The molecule has 0 saturated heterocycles. The van der Waals surface area contributed by atoms with Crippen molar-refractivity contribution in [2.24, 2.45) is 5.92 Å². The first kappa shape index (κ1) is 15.6. The molecule has 0 amide bonds. The SMILES string of the molecule is O=C(Oc1ccc(OCc2ccccc2)cc1)C1CCCCC1. The Kier molecular flexibility index (Phi) is 5.30. The molecule has 0 aromatic heterocycles. The lowest BCUT2D eigenvalue weighted by molar-refractivity contribution is -0.139. The minimum Gasteiger partial charge on any atom is -0.489 e. The summed E-state index contributed by atoms with van der Waals surface area (Å²) in [4.78, 5) is 12.1. The number of esters is 1. The molecule has 1 fully saturated rings. The highest BCUT2D eigenvalue weighted by molar-refractivity contribution is 5.75. The summed E-state index contributed by atoms with van der Waals surface area (Å²) in [6.45, 7) is 0.530. The lowest BCUT2D eigenvalue weighted by atomic mass is 9.89. The zero-order chi connectivity index (χ0) is 15.9. The smallest absolute Gasteiger partial charge is 0.314 e. The predicted octanol–water partition coefficient (Wildman–Crippen LogP) is 4.75. The van der Waals surface area contributed by atoms with E-state index in [0.29, 0.717) is 12.4 Å². The Hall–Kier alpha value is -2.29. The molecule has 1 aliphatic carbocycles. The second-order valence-corrected chi connectivity index (χ2v) is 6.00. The highest BCUT2D eigenvalue weighted by atomic mass is 16.5. The summed E-state index contributed by atoms with van der Waals surface area (Å²) in [7, 11) is 0. The van der Waals surface area contributed by atoms with Crippen molar-refractivity contribution in [3.63, 3.8) is 0 Å². The molecule has 0 heterocycles. The Morgan fingerprint density at radius 2 is 1.52 bits per heavy atom. The van der Waals surface area contributed by atoms with Gasteiger partial charge in [-0.05, 0) is 42.7 Å². The van der Waals surface area contributed by atoms with Gasteiger partial charge in [0.25, 0.3) is 0 Å². The van der Waals surface area contributed by atoms with Crippen LogP contribution in [0.25, 0.3) is 0 Å². The van der Waals surface area contributed by atoms with E-state index in [1.165, 1.54) is 6.42 Å². The van der Waals surface area contributed by atoms with Crippen LogP contribution in [0.1, 0.15) is 37.7 Å². The maximum Gasteiger partial charge on any atom is 0.314 e. The van der Waals surface area contributed by atoms with Crippen LogP contribution in [0.4, 0.5) is 0 Å². The second kappa shape index (κ2) is 7.82. The van der Waals surface area contributed by atoms with Gasteiger partial charge in [0.05, 0.1) is 5.92 Å². The molecule has 1 saturated carbocycles. The van der Waals surface area contributed by atoms with Gasteiger partial charge in [-0.25, -0.2) is 0 Å². The van der Waals surface area contributed by atoms with Crippen molar-refractivity contribution >= 4 is 5.97 Å². The zero-order valence-corrected chi connectivity index (χ0v) is 13.2. The third-order valence-corrected chi connectivity index (χ3v) is 4.23. The van der Waals surface area contributed by atoms with Crippen LogP contribution in [0.5, 0.6) is 11.5 Å². The molecule has 3 heteroatoms. The van der Waals surface area contributed by atoms with Crippen molar-refractivity contribution in [3.8, 4) is 11.5 Å². The Balaban J connectivity index is 1.51. The maximum absolute atomic E-state index is 12.1. The van der Waals surface area contributed by atoms with Crippen molar-refractivity contribution in [3.05, 3.63) is 60.2 Å². The highest BCUT2D eigenvalue weighted by Gasteiger charge is 2.22. The van der Waals surface area contributed by atoms with Gasteiger partial charge in [0, 0.05) is 0 Å². The predicted molar refractivity (Wildman–Crippen MR) is 89.4 cm³/mol. The molecule has 3 nitrogen and oxygen atoms in total. The third kappa shape index (κ3) is 4.59. The van der Waals surface area contributed by atoms with E-state index < -0.39 is 0 Å². The molecular formula is C20H22O3. The van der Waals surface area contributed by atoms with E-state index in [2.05, 4.69) is 0 Å². The van der Waals surface area contributed by atoms with Crippen molar-refractivity contribution in [1.29, 1.82) is 0 Å². The second-order valence-electron chi connectivity index (χ2n) is 6.00. The molecule has 0 spiro atoms. The Labute approximate surface area is 137 Å². The number of carbonyl (C=O) groups is 1. The summed E-state index contributed by atoms with van der Waals surface area (Å²) in [6, 6.07) is 17.3. The van der Waals surface area contributed by atoms with Crippen LogP contribution < -0.4 is 9.47 Å². The topological polar surface area (TPSA) is 35.5 Å². The molecule has 0 atom stereocenters. The standard InChI is InChI=1S/C20H22O3/c21-20(17-9-5-2-6-10-17)23-19-13-11-18(12-14-19)22-15-16-7-3-1-4-8-16/h1,3-4,7-8,11-14,17H,2,5-6,9-10,15H2. The summed E-state index contributed by atoms with van der Waals surface area (Å²) in [5.74, 6) is 1.33.